The van der Waals surface area contributed by atoms with E-state index in [1.54, 1.807) is 7.11 Å². The Morgan fingerprint density at radius 1 is 1.24 bits per heavy atom. The Morgan fingerprint density at radius 3 is 2.76 bits per heavy atom. The van der Waals surface area contributed by atoms with E-state index in [-0.39, 0.29) is 0 Å². The number of piperidine rings is 1. The van der Waals surface area contributed by atoms with Gasteiger partial charge in [0.25, 0.3) is 0 Å². The van der Waals surface area contributed by atoms with E-state index in [2.05, 4.69) is 46.9 Å². The van der Waals surface area contributed by atoms with Gasteiger partial charge in [-0.1, -0.05) is 13.0 Å². The molecule has 1 aliphatic rings. The van der Waals surface area contributed by atoms with E-state index in [0.29, 0.717) is 19.3 Å². The number of hydrogen-bond donors (Lipinski definition) is 2. The molecule has 2 N–H and O–H groups in total. The summed E-state index contributed by atoms with van der Waals surface area (Å²) >= 11 is 1.85. The van der Waals surface area contributed by atoms with E-state index in [9.17, 15) is 0 Å². The van der Waals surface area contributed by atoms with Gasteiger partial charge in [-0.05, 0) is 63.1 Å². The van der Waals surface area contributed by atoms with Gasteiger partial charge in [-0.2, -0.15) is 0 Å². The highest BCUT2D eigenvalue weighted by Crippen LogP contribution is 2.29. The topological polar surface area (TPSA) is 58.1 Å². The molecule has 7 heteroatoms. The Bertz CT molecular complexity index is 545. The molecule has 0 spiro atoms. The number of thiophene rings is 1. The van der Waals surface area contributed by atoms with Crippen LogP contribution in [-0.2, 0) is 9.47 Å². The van der Waals surface area contributed by atoms with Gasteiger partial charge < -0.3 is 20.1 Å². The minimum Gasteiger partial charge on any atom is -0.382 e. The van der Waals surface area contributed by atoms with Crippen molar-refractivity contribution in [3.8, 4) is 0 Å². The lowest BCUT2D eigenvalue weighted by molar-refractivity contribution is 0.0689. The number of nitrogens with zero attached hydrogens (tertiary/aromatic N) is 2. The summed E-state index contributed by atoms with van der Waals surface area (Å²) in [5.41, 5.74) is 0. The van der Waals surface area contributed by atoms with Crippen molar-refractivity contribution in [3.05, 3.63) is 22.4 Å². The van der Waals surface area contributed by atoms with Crippen molar-refractivity contribution < 1.29 is 9.47 Å². The number of methoxy groups -OCH3 is 1. The first-order valence-electron chi connectivity index (χ1n) is 11.1. The Hall–Kier alpha value is -1.15. The smallest absolute Gasteiger partial charge is 0.191 e. The first kappa shape index (κ1) is 24.1. The summed E-state index contributed by atoms with van der Waals surface area (Å²) in [5, 5.41) is 9.04. The van der Waals surface area contributed by atoms with Gasteiger partial charge in [0.2, 0.25) is 0 Å². The highest BCUT2D eigenvalue weighted by molar-refractivity contribution is 7.10. The minimum absolute atomic E-state index is 0.382. The molecule has 166 valence electrons. The molecule has 1 saturated heterocycles. The standard InChI is InChI=1S/C22H40N4O2S/c1-4-23-22(24-11-5-6-14-28-16-15-27-3)25-18-20(21-8-7-17-29-21)26-12-9-19(2)10-13-26/h7-8,17,19-20H,4-6,9-16,18H2,1-3H3,(H2,23,24,25). The van der Waals surface area contributed by atoms with E-state index >= 15 is 0 Å². The van der Waals surface area contributed by atoms with Crippen LogP contribution in [-0.4, -0.2) is 70.5 Å². The number of nitrogens with one attached hydrogen (secondary N) is 2. The molecule has 2 heterocycles. The highest BCUT2D eigenvalue weighted by atomic mass is 32.1. The summed E-state index contributed by atoms with van der Waals surface area (Å²) in [6, 6.07) is 4.79. The van der Waals surface area contributed by atoms with Crippen LogP contribution in [0.2, 0.25) is 0 Å². The number of rotatable bonds is 13. The molecule has 29 heavy (non-hydrogen) atoms. The maximum atomic E-state index is 5.52. The molecule has 2 rings (SSSR count). The van der Waals surface area contributed by atoms with Gasteiger partial charge in [-0.3, -0.25) is 9.89 Å². The quantitative estimate of drug-likeness (QED) is 0.288. The lowest BCUT2D eigenvalue weighted by Gasteiger charge is -2.35. The SMILES string of the molecule is CCNC(=NCC(c1cccs1)N1CCC(C)CC1)NCCCCOCCOC. The Morgan fingerprint density at radius 2 is 2.07 bits per heavy atom. The number of unbranched alkanes of at least 4 members (excludes halogenated alkanes) is 1. The molecule has 1 aliphatic heterocycles. The molecule has 1 aromatic rings. The first-order chi connectivity index (χ1) is 14.2. The first-order valence-corrected chi connectivity index (χ1v) is 12.0. The number of aliphatic imine (C=N–C) groups is 1. The van der Waals surface area contributed by atoms with E-state index in [1.807, 2.05) is 11.3 Å². The van der Waals surface area contributed by atoms with Crippen LogP contribution in [0.1, 0.15) is 50.4 Å². The molecule has 0 aliphatic carbocycles. The summed E-state index contributed by atoms with van der Waals surface area (Å²) in [4.78, 5) is 8.98. The number of hydrogen-bond acceptors (Lipinski definition) is 5. The summed E-state index contributed by atoms with van der Waals surface area (Å²) < 4.78 is 10.5. The zero-order valence-electron chi connectivity index (χ0n) is 18.5. The average molecular weight is 425 g/mol. The normalized spacial score (nSPS) is 17.4. The van der Waals surface area contributed by atoms with Crippen molar-refractivity contribution in [2.45, 2.75) is 45.6 Å². The Balaban J connectivity index is 1.81. The fourth-order valence-electron chi connectivity index (χ4n) is 3.51. The number of guanidine groups is 1. The maximum absolute atomic E-state index is 5.52. The van der Waals surface area contributed by atoms with E-state index in [4.69, 9.17) is 14.5 Å². The fraction of sp³-hybridized carbons (Fsp3) is 0.773. The predicted octanol–water partition coefficient (Wildman–Crippen LogP) is 3.52. The molecular formula is C22H40N4O2S. The third-order valence-corrected chi connectivity index (χ3v) is 6.31. The van der Waals surface area contributed by atoms with Crippen molar-refractivity contribution in [2.24, 2.45) is 10.9 Å². The van der Waals surface area contributed by atoms with E-state index in [1.165, 1.54) is 30.8 Å². The lowest BCUT2D eigenvalue weighted by Crippen LogP contribution is -2.40. The average Bonchev–Trinajstić information content (AvgIpc) is 3.26. The molecule has 1 unspecified atom stereocenters. The van der Waals surface area contributed by atoms with Crippen molar-refractivity contribution >= 4 is 17.3 Å². The molecule has 6 nitrogen and oxygen atoms in total. The van der Waals surface area contributed by atoms with Crippen LogP contribution >= 0.6 is 11.3 Å². The molecule has 0 amide bonds. The van der Waals surface area contributed by atoms with Crippen LogP contribution in [0.3, 0.4) is 0 Å². The van der Waals surface area contributed by atoms with E-state index in [0.717, 1.165) is 51.0 Å². The lowest BCUT2D eigenvalue weighted by atomic mass is 9.97. The van der Waals surface area contributed by atoms with Crippen LogP contribution in [0, 0.1) is 5.92 Å². The van der Waals surface area contributed by atoms with Crippen LogP contribution in [0.5, 0.6) is 0 Å². The second-order valence-corrected chi connectivity index (χ2v) is 8.69. The van der Waals surface area contributed by atoms with Crippen molar-refractivity contribution in [1.82, 2.24) is 15.5 Å². The molecule has 0 aromatic carbocycles. The number of likely N-dealkylation sites (tertiary alicyclic amines) is 1. The van der Waals surface area contributed by atoms with Gasteiger partial charge >= 0.3 is 0 Å². The highest BCUT2D eigenvalue weighted by Gasteiger charge is 2.25. The van der Waals surface area contributed by atoms with Gasteiger partial charge in [-0.25, -0.2) is 0 Å². The molecule has 1 aromatic heterocycles. The van der Waals surface area contributed by atoms with Gasteiger partial charge in [0.1, 0.15) is 0 Å². The molecule has 1 atom stereocenters. The van der Waals surface area contributed by atoms with Crippen molar-refractivity contribution in [1.29, 1.82) is 0 Å². The van der Waals surface area contributed by atoms with Crippen molar-refractivity contribution in [2.75, 3.05) is 59.7 Å². The fourth-order valence-corrected chi connectivity index (χ4v) is 4.36. The van der Waals surface area contributed by atoms with Gasteiger partial charge in [0.05, 0.1) is 25.8 Å². The summed E-state index contributed by atoms with van der Waals surface area (Å²) in [6.07, 6.45) is 4.68. The van der Waals surface area contributed by atoms with Crippen LogP contribution in [0.15, 0.2) is 22.5 Å². The van der Waals surface area contributed by atoms with Gasteiger partial charge in [0, 0.05) is 31.7 Å². The van der Waals surface area contributed by atoms with Crippen LogP contribution < -0.4 is 10.6 Å². The summed E-state index contributed by atoms with van der Waals surface area (Å²) in [5.74, 6) is 1.76. The molecule has 0 saturated carbocycles. The minimum atomic E-state index is 0.382. The molecule has 1 fully saturated rings. The monoisotopic (exact) mass is 424 g/mol. The zero-order valence-corrected chi connectivity index (χ0v) is 19.3. The summed E-state index contributed by atoms with van der Waals surface area (Å²) in [6.45, 7) is 11.5. The van der Waals surface area contributed by atoms with Gasteiger partial charge in [0.15, 0.2) is 5.96 Å². The number of ether oxygens (including phenoxy) is 2. The molecule has 0 bridgehead atoms. The summed E-state index contributed by atoms with van der Waals surface area (Å²) in [7, 11) is 1.70. The van der Waals surface area contributed by atoms with Crippen LogP contribution in [0.4, 0.5) is 0 Å². The Labute approximate surface area is 181 Å². The zero-order chi connectivity index (χ0) is 20.7. The van der Waals surface area contributed by atoms with Crippen LogP contribution in [0.25, 0.3) is 0 Å². The third kappa shape index (κ3) is 9.47. The van der Waals surface area contributed by atoms with Crippen molar-refractivity contribution in [3.63, 3.8) is 0 Å². The Kier molecular flexibility index (Phi) is 12.3. The maximum Gasteiger partial charge on any atom is 0.191 e. The second kappa shape index (κ2) is 14.8. The predicted molar refractivity (Wildman–Crippen MR) is 123 cm³/mol. The second-order valence-electron chi connectivity index (χ2n) is 7.71. The molecular weight excluding hydrogens is 384 g/mol. The third-order valence-electron chi connectivity index (χ3n) is 5.34. The largest absolute Gasteiger partial charge is 0.382 e. The van der Waals surface area contributed by atoms with Gasteiger partial charge in [-0.15, -0.1) is 11.3 Å². The van der Waals surface area contributed by atoms with E-state index < -0.39 is 0 Å². The molecule has 0 radical (unpaired) electrons.